The number of nitrogens with two attached hydrogens (primary N) is 1. The minimum atomic E-state index is -3.92. The highest BCUT2D eigenvalue weighted by Gasteiger charge is 2.16. The fraction of sp³-hybridized carbons (Fsp3) is 0.133. The van der Waals surface area contributed by atoms with Gasteiger partial charge in [-0.3, -0.25) is 0 Å². The molecule has 0 fully saturated rings. The number of aryl methyl sites for hydroxylation is 1. The van der Waals surface area contributed by atoms with Crippen molar-refractivity contribution in [2.75, 3.05) is 0 Å². The Labute approximate surface area is 127 Å². The van der Waals surface area contributed by atoms with Crippen molar-refractivity contribution >= 4 is 16.0 Å². The molecule has 0 saturated heterocycles. The first-order chi connectivity index (χ1) is 10.3. The standard InChI is InChI=1S/C15H14FNO4S/c1-10-5-6-12(8-14(10)22(17,19)20)15(18)21-9-11-3-2-4-13(16)7-11/h2-8H,9H2,1H3,(H2,17,19,20). The number of sulfonamides is 1. The summed E-state index contributed by atoms with van der Waals surface area (Å²) in [5.41, 5.74) is 0.988. The molecule has 2 N–H and O–H groups in total. The maximum absolute atomic E-state index is 13.0. The van der Waals surface area contributed by atoms with Crippen molar-refractivity contribution in [2.45, 2.75) is 18.4 Å². The van der Waals surface area contributed by atoms with Gasteiger partial charge in [0, 0.05) is 0 Å². The Bertz CT molecular complexity index is 818. The van der Waals surface area contributed by atoms with Gasteiger partial charge in [-0.2, -0.15) is 0 Å². The lowest BCUT2D eigenvalue weighted by Crippen LogP contribution is -2.15. The first-order valence-electron chi connectivity index (χ1n) is 6.32. The van der Waals surface area contributed by atoms with Crippen LogP contribution in [-0.4, -0.2) is 14.4 Å². The van der Waals surface area contributed by atoms with Crippen LogP contribution in [0.15, 0.2) is 47.4 Å². The zero-order valence-electron chi connectivity index (χ0n) is 11.7. The average Bonchev–Trinajstić information content (AvgIpc) is 2.44. The van der Waals surface area contributed by atoms with Crippen LogP contribution in [-0.2, 0) is 21.4 Å². The van der Waals surface area contributed by atoms with Crippen molar-refractivity contribution in [3.63, 3.8) is 0 Å². The molecule has 5 nitrogen and oxygen atoms in total. The number of primary sulfonamides is 1. The van der Waals surface area contributed by atoms with Crippen LogP contribution < -0.4 is 5.14 Å². The van der Waals surface area contributed by atoms with E-state index < -0.39 is 21.8 Å². The summed E-state index contributed by atoms with van der Waals surface area (Å²) in [5, 5.41) is 5.09. The molecule has 2 rings (SSSR count). The summed E-state index contributed by atoms with van der Waals surface area (Å²) in [5.74, 6) is -1.14. The first kappa shape index (κ1) is 16.1. The van der Waals surface area contributed by atoms with Crippen molar-refractivity contribution in [3.8, 4) is 0 Å². The van der Waals surface area contributed by atoms with E-state index in [9.17, 15) is 17.6 Å². The number of benzene rings is 2. The number of rotatable bonds is 4. The third-order valence-corrected chi connectivity index (χ3v) is 4.04. The molecule has 0 bridgehead atoms. The van der Waals surface area contributed by atoms with Crippen molar-refractivity contribution in [1.82, 2.24) is 0 Å². The second-order valence-electron chi connectivity index (χ2n) is 4.73. The van der Waals surface area contributed by atoms with Crippen molar-refractivity contribution in [2.24, 2.45) is 5.14 Å². The second kappa shape index (κ2) is 6.25. The fourth-order valence-corrected chi connectivity index (χ4v) is 2.70. The Morgan fingerprint density at radius 1 is 1.23 bits per heavy atom. The van der Waals surface area contributed by atoms with Gasteiger partial charge in [0.25, 0.3) is 0 Å². The molecule has 116 valence electrons. The predicted molar refractivity (Wildman–Crippen MR) is 78.1 cm³/mol. The molecule has 0 spiro atoms. The molecule has 0 amide bonds. The molecule has 0 atom stereocenters. The average molecular weight is 323 g/mol. The largest absolute Gasteiger partial charge is 0.457 e. The molecule has 22 heavy (non-hydrogen) atoms. The molecule has 0 aliphatic rings. The van der Waals surface area contributed by atoms with Crippen LogP contribution in [0.4, 0.5) is 4.39 Å². The van der Waals surface area contributed by atoms with E-state index in [1.54, 1.807) is 13.0 Å². The number of hydrogen-bond donors (Lipinski definition) is 1. The number of carbonyl (C=O) groups excluding carboxylic acids is 1. The molecular formula is C15H14FNO4S. The van der Waals surface area contributed by atoms with Gasteiger partial charge in [0.2, 0.25) is 10.0 Å². The normalized spacial score (nSPS) is 11.2. The van der Waals surface area contributed by atoms with Crippen LogP contribution in [0.2, 0.25) is 0 Å². The van der Waals surface area contributed by atoms with Gasteiger partial charge in [0.05, 0.1) is 10.5 Å². The van der Waals surface area contributed by atoms with E-state index in [0.717, 1.165) is 0 Å². The minimum absolute atomic E-state index is 0.0611. The van der Waals surface area contributed by atoms with Crippen molar-refractivity contribution < 1.29 is 22.3 Å². The van der Waals surface area contributed by atoms with E-state index in [2.05, 4.69) is 0 Å². The Morgan fingerprint density at radius 3 is 2.59 bits per heavy atom. The molecule has 7 heteroatoms. The van der Waals surface area contributed by atoms with Crippen LogP contribution in [0.3, 0.4) is 0 Å². The summed E-state index contributed by atoms with van der Waals surface area (Å²) in [4.78, 5) is 11.8. The van der Waals surface area contributed by atoms with Gasteiger partial charge in [0.15, 0.2) is 0 Å². The monoisotopic (exact) mass is 323 g/mol. The predicted octanol–water partition coefficient (Wildman–Crippen LogP) is 2.14. The first-order valence-corrected chi connectivity index (χ1v) is 7.87. The SMILES string of the molecule is Cc1ccc(C(=O)OCc2cccc(F)c2)cc1S(N)(=O)=O. The number of ether oxygens (including phenoxy) is 1. The molecule has 0 heterocycles. The molecule has 0 saturated carbocycles. The van der Waals surface area contributed by atoms with Gasteiger partial charge in [-0.1, -0.05) is 18.2 Å². The Kier molecular flexibility index (Phi) is 4.58. The zero-order chi connectivity index (χ0) is 16.3. The van der Waals surface area contributed by atoms with Crippen molar-refractivity contribution in [3.05, 3.63) is 65.0 Å². The van der Waals surface area contributed by atoms with Crippen molar-refractivity contribution in [1.29, 1.82) is 0 Å². The summed E-state index contributed by atoms with van der Waals surface area (Å²) >= 11 is 0. The minimum Gasteiger partial charge on any atom is -0.457 e. The van der Waals surface area contributed by atoms with Crippen LogP contribution >= 0.6 is 0 Å². The lowest BCUT2D eigenvalue weighted by Gasteiger charge is -2.08. The van der Waals surface area contributed by atoms with Crippen LogP contribution in [0.5, 0.6) is 0 Å². The molecule has 2 aromatic carbocycles. The van der Waals surface area contributed by atoms with Crippen LogP contribution in [0, 0.1) is 12.7 Å². The quantitative estimate of drug-likeness (QED) is 0.873. The molecule has 0 aliphatic carbocycles. The summed E-state index contributed by atoms with van der Waals surface area (Å²) in [6.07, 6.45) is 0. The highest BCUT2D eigenvalue weighted by Crippen LogP contribution is 2.17. The van der Waals surface area contributed by atoms with Gasteiger partial charge in [0.1, 0.15) is 12.4 Å². The lowest BCUT2D eigenvalue weighted by molar-refractivity contribution is 0.0472. The van der Waals surface area contributed by atoms with Crippen LogP contribution in [0.1, 0.15) is 21.5 Å². The topological polar surface area (TPSA) is 86.5 Å². The molecule has 2 aromatic rings. The van der Waals surface area contributed by atoms with E-state index in [1.807, 2.05) is 0 Å². The van der Waals surface area contributed by atoms with E-state index >= 15 is 0 Å². The van der Waals surface area contributed by atoms with Gasteiger partial charge >= 0.3 is 5.97 Å². The van der Waals surface area contributed by atoms with E-state index in [1.165, 1.54) is 36.4 Å². The summed E-state index contributed by atoms with van der Waals surface area (Å²) in [6.45, 7) is 1.46. The third-order valence-electron chi connectivity index (χ3n) is 2.99. The summed E-state index contributed by atoms with van der Waals surface area (Å²) in [6, 6.07) is 9.72. The number of halogens is 1. The zero-order valence-corrected chi connectivity index (χ0v) is 12.6. The Hall–Kier alpha value is -2.25. The van der Waals surface area contributed by atoms with E-state index in [0.29, 0.717) is 11.1 Å². The van der Waals surface area contributed by atoms with Gasteiger partial charge in [-0.05, 0) is 42.3 Å². The molecule has 0 unspecified atom stereocenters. The maximum atomic E-state index is 13.0. The molecular weight excluding hydrogens is 309 g/mol. The van der Waals surface area contributed by atoms with E-state index in [-0.39, 0.29) is 17.1 Å². The Morgan fingerprint density at radius 2 is 1.95 bits per heavy atom. The number of hydrogen-bond acceptors (Lipinski definition) is 4. The maximum Gasteiger partial charge on any atom is 0.338 e. The Balaban J connectivity index is 2.17. The molecule has 0 aliphatic heterocycles. The fourth-order valence-electron chi connectivity index (χ4n) is 1.89. The highest BCUT2D eigenvalue weighted by atomic mass is 32.2. The smallest absolute Gasteiger partial charge is 0.338 e. The van der Waals surface area contributed by atoms with Gasteiger partial charge < -0.3 is 4.74 Å². The van der Waals surface area contributed by atoms with E-state index in [4.69, 9.17) is 9.88 Å². The molecule has 0 aromatic heterocycles. The van der Waals surface area contributed by atoms with Gasteiger partial charge in [-0.25, -0.2) is 22.7 Å². The van der Waals surface area contributed by atoms with Crippen LogP contribution in [0.25, 0.3) is 0 Å². The second-order valence-corrected chi connectivity index (χ2v) is 6.26. The number of esters is 1. The summed E-state index contributed by atoms with van der Waals surface area (Å²) in [7, 11) is -3.92. The molecule has 0 radical (unpaired) electrons. The highest BCUT2D eigenvalue weighted by molar-refractivity contribution is 7.89. The summed E-state index contributed by atoms with van der Waals surface area (Å²) < 4.78 is 40.9. The lowest BCUT2D eigenvalue weighted by atomic mass is 10.1. The number of carbonyl (C=O) groups is 1. The third kappa shape index (κ3) is 3.90. The van der Waals surface area contributed by atoms with Gasteiger partial charge in [-0.15, -0.1) is 0 Å².